The molecule has 0 spiro atoms. The Morgan fingerprint density at radius 2 is 1.81 bits per heavy atom. The molecule has 0 fully saturated rings. The molecule has 3 rings (SSSR count). The predicted molar refractivity (Wildman–Crippen MR) is 115 cm³/mol. The minimum absolute atomic E-state index is 0.113. The predicted octanol–water partition coefficient (Wildman–Crippen LogP) is 5.84. The van der Waals surface area contributed by atoms with Crippen molar-refractivity contribution in [2.24, 2.45) is 5.92 Å². The van der Waals surface area contributed by atoms with Crippen LogP contribution in [0, 0.1) is 28.8 Å². The summed E-state index contributed by atoms with van der Waals surface area (Å²) in [5.41, 5.74) is 2.43. The third kappa shape index (κ3) is 5.74. The number of anilines is 1. The van der Waals surface area contributed by atoms with Crippen molar-refractivity contribution in [2.45, 2.75) is 38.4 Å². The Morgan fingerprint density at radius 1 is 1.06 bits per heavy atom. The number of rotatable bonds is 8. The largest absolute Gasteiger partial charge is 0.356 e. The molecule has 1 unspecified atom stereocenters. The van der Waals surface area contributed by atoms with Crippen molar-refractivity contribution in [2.75, 3.05) is 19.5 Å². The summed E-state index contributed by atoms with van der Waals surface area (Å²) < 4.78 is 52.2. The highest BCUT2D eigenvalue weighted by atomic mass is 19.1. The van der Waals surface area contributed by atoms with E-state index in [2.05, 4.69) is 5.32 Å². The quantitative estimate of drug-likeness (QED) is 0.407. The second-order valence-corrected chi connectivity index (χ2v) is 7.64. The summed E-state index contributed by atoms with van der Waals surface area (Å²) in [5, 5.41) is 11.8. The Bertz CT molecular complexity index is 958. The Morgan fingerprint density at radius 3 is 2.48 bits per heavy atom. The van der Waals surface area contributed by atoms with Crippen molar-refractivity contribution in [1.29, 1.82) is 5.41 Å². The van der Waals surface area contributed by atoms with Gasteiger partial charge in [-0.3, -0.25) is 5.41 Å². The smallest absolute Gasteiger partial charge is 0.200 e. The first-order valence-corrected chi connectivity index (χ1v) is 10.3. The number of hydrogen-bond donors (Lipinski definition) is 2. The summed E-state index contributed by atoms with van der Waals surface area (Å²) in [7, 11) is 2.91. The van der Waals surface area contributed by atoms with Crippen molar-refractivity contribution in [3.63, 3.8) is 0 Å². The highest BCUT2D eigenvalue weighted by Gasteiger charge is 2.28. The lowest BCUT2D eigenvalue weighted by atomic mass is 9.89. The molecule has 2 N–H and O–H groups in total. The van der Waals surface area contributed by atoms with E-state index in [9.17, 15) is 13.2 Å². The molecule has 0 saturated carbocycles. The maximum Gasteiger partial charge on any atom is 0.200 e. The summed E-state index contributed by atoms with van der Waals surface area (Å²) in [5.74, 6) is -1.82. The van der Waals surface area contributed by atoms with Gasteiger partial charge in [0.15, 0.2) is 6.29 Å². The van der Waals surface area contributed by atoms with Gasteiger partial charge in [0, 0.05) is 31.9 Å². The first-order chi connectivity index (χ1) is 14.9. The molecule has 0 aliphatic heterocycles. The molecule has 166 valence electrons. The number of ether oxygens (including phenoxy) is 2. The number of halogens is 3. The van der Waals surface area contributed by atoms with Gasteiger partial charge in [-0.15, -0.1) is 0 Å². The molecule has 0 bridgehead atoms. The van der Waals surface area contributed by atoms with Gasteiger partial charge >= 0.3 is 0 Å². The molecule has 4 nitrogen and oxygen atoms in total. The van der Waals surface area contributed by atoms with E-state index >= 15 is 0 Å². The summed E-state index contributed by atoms with van der Waals surface area (Å²) >= 11 is 0. The van der Waals surface area contributed by atoms with Crippen molar-refractivity contribution in [3.05, 3.63) is 76.7 Å². The van der Waals surface area contributed by atoms with Gasteiger partial charge in [0.1, 0.15) is 17.5 Å². The van der Waals surface area contributed by atoms with Crippen LogP contribution in [0.5, 0.6) is 0 Å². The third-order valence-corrected chi connectivity index (χ3v) is 5.52. The second-order valence-electron chi connectivity index (χ2n) is 7.64. The maximum atomic E-state index is 14.5. The fraction of sp³-hybridized carbons (Fsp3) is 0.375. The van der Waals surface area contributed by atoms with Gasteiger partial charge in [-0.2, -0.15) is 0 Å². The minimum Gasteiger partial charge on any atom is -0.356 e. The van der Waals surface area contributed by atoms with E-state index in [1.807, 2.05) is 6.07 Å². The van der Waals surface area contributed by atoms with E-state index in [0.717, 1.165) is 30.9 Å². The van der Waals surface area contributed by atoms with Crippen molar-refractivity contribution in [3.8, 4) is 0 Å². The minimum atomic E-state index is -0.863. The highest BCUT2D eigenvalue weighted by molar-refractivity contribution is 6.01. The standard InChI is InChI=1S/C24H27F3N2O2/c1-30-24(31-2)22(28)19-9-4-3-7-16(12-15-6-5-8-17(25)13-15)23(19)29-21-11-10-18(26)14-20(21)27/h5-6,8,10-11,13-14,16,24,28-29H,3-4,7,9,12H2,1-2H3. The van der Waals surface area contributed by atoms with Crippen LogP contribution in [0.4, 0.5) is 18.9 Å². The van der Waals surface area contributed by atoms with E-state index in [1.54, 1.807) is 6.07 Å². The summed E-state index contributed by atoms with van der Waals surface area (Å²) in [4.78, 5) is 0. The normalized spacial score (nSPS) is 17.0. The van der Waals surface area contributed by atoms with Crippen LogP contribution in [0.15, 0.2) is 53.7 Å². The average Bonchev–Trinajstić information content (AvgIpc) is 2.93. The maximum absolute atomic E-state index is 14.5. The Kier molecular flexibility index (Phi) is 7.87. The molecule has 7 heteroatoms. The molecule has 31 heavy (non-hydrogen) atoms. The van der Waals surface area contributed by atoms with Crippen LogP contribution in [-0.4, -0.2) is 26.2 Å². The van der Waals surface area contributed by atoms with E-state index < -0.39 is 17.9 Å². The topological polar surface area (TPSA) is 54.3 Å². The zero-order valence-electron chi connectivity index (χ0n) is 17.7. The van der Waals surface area contributed by atoms with Crippen LogP contribution in [0.1, 0.15) is 31.2 Å². The zero-order valence-corrected chi connectivity index (χ0v) is 17.7. The van der Waals surface area contributed by atoms with E-state index in [-0.39, 0.29) is 23.1 Å². The molecular weight excluding hydrogens is 405 g/mol. The molecule has 2 aromatic carbocycles. The van der Waals surface area contributed by atoms with Crippen LogP contribution in [0.3, 0.4) is 0 Å². The van der Waals surface area contributed by atoms with E-state index in [4.69, 9.17) is 14.9 Å². The lowest BCUT2D eigenvalue weighted by Gasteiger charge is -2.26. The van der Waals surface area contributed by atoms with Crippen LogP contribution < -0.4 is 5.32 Å². The van der Waals surface area contributed by atoms with Gasteiger partial charge in [-0.05, 0) is 61.1 Å². The van der Waals surface area contributed by atoms with Crippen LogP contribution in [0.2, 0.25) is 0 Å². The SMILES string of the molecule is COC(OC)C(=N)C1=C(Nc2ccc(F)cc2F)C(Cc2cccc(F)c2)CCCC1. The molecule has 1 atom stereocenters. The summed E-state index contributed by atoms with van der Waals surface area (Å²) in [6.07, 6.45) is 2.77. The van der Waals surface area contributed by atoms with Gasteiger partial charge in [-0.1, -0.05) is 18.6 Å². The van der Waals surface area contributed by atoms with Gasteiger partial charge < -0.3 is 14.8 Å². The molecule has 0 radical (unpaired) electrons. The molecule has 1 aliphatic rings. The van der Waals surface area contributed by atoms with Crippen molar-refractivity contribution in [1.82, 2.24) is 0 Å². The Balaban J connectivity index is 2.05. The Hall–Kier alpha value is -2.64. The van der Waals surface area contributed by atoms with E-state index in [0.29, 0.717) is 24.1 Å². The number of nitrogens with one attached hydrogen (secondary N) is 2. The van der Waals surface area contributed by atoms with Crippen molar-refractivity contribution < 1.29 is 22.6 Å². The van der Waals surface area contributed by atoms with Gasteiger partial charge in [-0.25, -0.2) is 13.2 Å². The highest BCUT2D eigenvalue weighted by Crippen LogP contribution is 2.34. The van der Waals surface area contributed by atoms with Crippen LogP contribution >= 0.6 is 0 Å². The van der Waals surface area contributed by atoms with Gasteiger partial charge in [0.25, 0.3) is 0 Å². The van der Waals surface area contributed by atoms with Crippen molar-refractivity contribution >= 4 is 11.4 Å². The second kappa shape index (κ2) is 10.6. The number of methoxy groups -OCH3 is 2. The monoisotopic (exact) mass is 432 g/mol. The summed E-state index contributed by atoms with van der Waals surface area (Å²) in [6.45, 7) is 0. The molecular formula is C24H27F3N2O2. The Labute approximate surface area is 180 Å². The van der Waals surface area contributed by atoms with Gasteiger partial charge in [0.2, 0.25) is 0 Å². The molecule has 1 aliphatic carbocycles. The first-order valence-electron chi connectivity index (χ1n) is 10.3. The summed E-state index contributed by atoms with van der Waals surface area (Å²) in [6, 6.07) is 9.73. The lowest BCUT2D eigenvalue weighted by Crippen LogP contribution is -2.29. The van der Waals surface area contributed by atoms with Crippen LogP contribution in [-0.2, 0) is 15.9 Å². The number of hydrogen-bond acceptors (Lipinski definition) is 4. The molecule has 0 aromatic heterocycles. The van der Waals surface area contributed by atoms with Crippen LogP contribution in [0.25, 0.3) is 0 Å². The van der Waals surface area contributed by atoms with E-state index in [1.165, 1.54) is 38.5 Å². The van der Waals surface area contributed by atoms with Gasteiger partial charge in [0.05, 0.1) is 11.4 Å². The molecule has 2 aromatic rings. The average molecular weight is 432 g/mol. The zero-order chi connectivity index (χ0) is 22.4. The fourth-order valence-electron chi connectivity index (χ4n) is 4.04. The molecule has 0 saturated heterocycles. The number of allylic oxidation sites excluding steroid dienone is 1. The number of benzene rings is 2. The molecule has 0 heterocycles. The first kappa shape index (κ1) is 23.0. The molecule has 0 amide bonds. The fourth-order valence-corrected chi connectivity index (χ4v) is 4.04. The lowest BCUT2D eigenvalue weighted by molar-refractivity contribution is -0.0522. The third-order valence-electron chi connectivity index (χ3n) is 5.52.